The first-order chi connectivity index (χ1) is 15.0. The van der Waals surface area contributed by atoms with Crippen LogP contribution < -0.4 is 14.9 Å². The Hall–Kier alpha value is -3.03. The zero-order valence-electron chi connectivity index (χ0n) is 16.7. The molecule has 0 unspecified atom stereocenters. The number of nitrogens with one attached hydrogen (secondary N) is 1. The lowest BCUT2D eigenvalue weighted by Gasteiger charge is -2.11. The molecule has 0 heterocycles. The Balaban J connectivity index is 1.52. The van der Waals surface area contributed by atoms with Gasteiger partial charge in [0.15, 0.2) is 11.5 Å². The van der Waals surface area contributed by atoms with Crippen LogP contribution in [0.5, 0.6) is 11.5 Å². The summed E-state index contributed by atoms with van der Waals surface area (Å²) in [6, 6.07) is 18.9. The van der Waals surface area contributed by atoms with Gasteiger partial charge in [0.2, 0.25) is 5.91 Å². The molecule has 0 aliphatic rings. The van der Waals surface area contributed by atoms with Crippen LogP contribution in [0.2, 0.25) is 5.02 Å². The maximum atomic E-state index is 13.7. The zero-order valence-corrected chi connectivity index (χ0v) is 18.3. The number of rotatable bonds is 9. The van der Waals surface area contributed by atoms with Gasteiger partial charge < -0.3 is 9.47 Å². The fourth-order valence-corrected chi connectivity index (χ4v) is 3.36. The van der Waals surface area contributed by atoms with Crippen molar-refractivity contribution in [2.24, 2.45) is 5.10 Å². The number of hydrazone groups is 1. The topological polar surface area (TPSA) is 59.9 Å². The molecule has 0 aliphatic carbocycles. The Kier molecular flexibility index (Phi) is 8.32. The average Bonchev–Trinajstić information content (AvgIpc) is 2.78. The van der Waals surface area contributed by atoms with E-state index in [0.29, 0.717) is 27.6 Å². The number of hydrogen-bond donors (Lipinski definition) is 1. The van der Waals surface area contributed by atoms with Crippen LogP contribution in [0.15, 0.2) is 76.7 Å². The number of nitrogens with zero attached hydrogens (tertiary/aromatic N) is 1. The maximum absolute atomic E-state index is 13.7. The fourth-order valence-electron chi connectivity index (χ4n) is 2.55. The van der Waals surface area contributed by atoms with Crippen LogP contribution in [0, 0.1) is 5.82 Å². The van der Waals surface area contributed by atoms with Gasteiger partial charge in [0.25, 0.3) is 0 Å². The number of halogens is 2. The van der Waals surface area contributed by atoms with E-state index in [-0.39, 0.29) is 24.1 Å². The molecule has 0 saturated carbocycles. The summed E-state index contributed by atoms with van der Waals surface area (Å²) in [4.78, 5) is 12.9. The molecule has 8 heteroatoms. The monoisotopic (exact) mass is 458 g/mol. The van der Waals surface area contributed by atoms with Gasteiger partial charge in [-0.05, 0) is 54.1 Å². The Bertz CT molecular complexity index is 1060. The Labute approximate surface area is 189 Å². The molecule has 3 aromatic rings. The number of methoxy groups -OCH3 is 1. The summed E-state index contributed by atoms with van der Waals surface area (Å²) in [7, 11) is 1.52. The van der Waals surface area contributed by atoms with E-state index in [1.807, 2.05) is 12.1 Å². The van der Waals surface area contributed by atoms with Gasteiger partial charge in [-0.3, -0.25) is 4.79 Å². The van der Waals surface area contributed by atoms with Crippen LogP contribution >= 0.6 is 23.4 Å². The van der Waals surface area contributed by atoms with Gasteiger partial charge in [-0.1, -0.05) is 29.8 Å². The highest BCUT2D eigenvalue weighted by Crippen LogP contribution is 2.28. The van der Waals surface area contributed by atoms with Crippen molar-refractivity contribution >= 4 is 35.5 Å². The summed E-state index contributed by atoms with van der Waals surface area (Å²) in [5.41, 5.74) is 3.65. The number of amides is 1. The molecule has 0 saturated heterocycles. The van der Waals surface area contributed by atoms with Gasteiger partial charge in [0, 0.05) is 15.5 Å². The van der Waals surface area contributed by atoms with Crippen molar-refractivity contribution < 1.29 is 18.7 Å². The van der Waals surface area contributed by atoms with Crippen LogP contribution in [-0.2, 0) is 11.4 Å². The maximum Gasteiger partial charge on any atom is 0.250 e. The molecule has 0 radical (unpaired) electrons. The molecule has 3 rings (SSSR count). The van der Waals surface area contributed by atoms with E-state index in [1.54, 1.807) is 48.5 Å². The molecule has 0 spiro atoms. The standard InChI is InChI=1S/C23H20ClFN2O3S/c1-29-22-12-16(6-11-21(22)30-14-17-4-2-3-5-20(17)25)13-26-27-23(28)15-31-19-9-7-18(24)8-10-19/h2-13H,14-15H2,1H3,(H,27,28)/b26-13-. The summed E-state index contributed by atoms with van der Waals surface area (Å²) in [5.74, 6) is 0.630. The third-order valence-electron chi connectivity index (χ3n) is 4.12. The van der Waals surface area contributed by atoms with E-state index in [0.717, 1.165) is 4.90 Å². The second-order valence-electron chi connectivity index (χ2n) is 6.33. The van der Waals surface area contributed by atoms with E-state index in [9.17, 15) is 9.18 Å². The van der Waals surface area contributed by atoms with Gasteiger partial charge in [0.05, 0.1) is 19.1 Å². The Morgan fingerprint density at radius 1 is 1.13 bits per heavy atom. The SMILES string of the molecule is COc1cc(/C=N\NC(=O)CSc2ccc(Cl)cc2)ccc1OCc1ccccc1F. The van der Waals surface area contributed by atoms with Crippen LogP contribution in [0.4, 0.5) is 4.39 Å². The first kappa shape index (κ1) is 22.7. The molecule has 0 fully saturated rings. The van der Waals surface area contributed by atoms with Gasteiger partial charge >= 0.3 is 0 Å². The number of ether oxygens (including phenoxy) is 2. The number of thioether (sulfide) groups is 1. The van der Waals surface area contributed by atoms with Crippen molar-refractivity contribution in [1.82, 2.24) is 5.43 Å². The molecule has 0 aromatic heterocycles. The van der Waals surface area contributed by atoms with Gasteiger partial charge in [0.1, 0.15) is 12.4 Å². The van der Waals surface area contributed by atoms with Crippen LogP contribution in [-0.4, -0.2) is 25.0 Å². The average molecular weight is 459 g/mol. The van der Waals surface area contributed by atoms with E-state index in [2.05, 4.69) is 10.5 Å². The Morgan fingerprint density at radius 3 is 2.65 bits per heavy atom. The van der Waals surface area contributed by atoms with Crippen molar-refractivity contribution in [1.29, 1.82) is 0 Å². The van der Waals surface area contributed by atoms with Crippen molar-refractivity contribution in [3.63, 3.8) is 0 Å². The van der Waals surface area contributed by atoms with E-state index < -0.39 is 0 Å². The highest BCUT2D eigenvalue weighted by molar-refractivity contribution is 8.00. The van der Waals surface area contributed by atoms with Gasteiger partial charge in [-0.15, -0.1) is 11.8 Å². The van der Waals surface area contributed by atoms with E-state index in [4.69, 9.17) is 21.1 Å². The molecule has 31 heavy (non-hydrogen) atoms. The van der Waals surface area contributed by atoms with Gasteiger partial charge in [-0.2, -0.15) is 5.10 Å². The van der Waals surface area contributed by atoms with Crippen molar-refractivity contribution in [2.75, 3.05) is 12.9 Å². The minimum absolute atomic E-state index is 0.0812. The van der Waals surface area contributed by atoms with Crippen molar-refractivity contribution in [3.05, 3.63) is 88.7 Å². The minimum atomic E-state index is -0.324. The number of carbonyl (C=O) groups is 1. The summed E-state index contributed by atoms with van der Waals surface area (Å²) in [5, 5.41) is 4.62. The second-order valence-corrected chi connectivity index (χ2v) is 7.81. The minimum Gasteiger partial charge on any atom is -0.493 e. The quantitative estimate of drug-likeness (QED) is 0.268. The lowest BCUT2D eigenvalue weighted by Crippen LogP contribution is -2.19. The molecule has 5 nitrogen and oxygen atoms in total. The molecule has 0 atom stereocenters. The van der Waals surface area contributed by atoms with Crippen LogP contribution in [0.25, 0.3) is 0 Å². The summed E-state index contributed by atoms with van der Waals surface area (Å²) in [6.45, 7) is 0.0812. The summed E-state index contributed by atoms with van der Waals surface area (Å²) in [6.07, 6.45) is 1.51. The van der Waals surface area contributed by atoms with E-state index in [1.165, 1.54) is 31.2 Å². The number of carbonyl (C=O) groups excluding carboxylic acids is 1. The normalized spacial score (nSPS) is 10.8. The summed E-state index contributed by atoms with van der Waals surface area (Å²) < 4.78 is 24.8. The number of hydrogen-bond acceptors (Lipinski definition) is 5. The molecule has 1 amide bonds. The number of benzene rings is 3. The highest BCUT2D eigenvalue weighted by Gasteiger charge is 2.08. The van der Waals surface area contributed by atoms with Crippen LogP contribution in [0.3, 0.4) is 0 Å². The molecule has 0 bridgehead atoms. The molecular weight excluding hydrogens is 439 g/mol. The lowest BCUT2D eigenvalue weighted by atomic mass is 10.2. The second kappa shape index (κ2) is 11.4. The van der Waals surface area contributed by atoms with Crippen molar-refractivity contribution in [3.8, 4) is 11.5 Å². The van der Waals surface area contributed by atoms with Crippen LogP contribution in [0.1, 0.15) is 11.1 Å². The molecule has 3 aromatic carbocycles. The molecule has 0 aliphatic heterocycles. The van der Waals surface area contributed by atoms with Crippen molar-refractivity contribution in [2.45, 2.75) is 11.5 Å². The lowest BCUT2D eigenvalue weighted by molar-refractivity contribution is -0.118. The highest BCUT2D eigenvalue weighted by atomic mass is 35.5. The predicted molar refractivity (Wildman–Crippen MR) is 122 cm³/mol. The smallest absolute Gasteiger partial charge is 0.250 e. The zero-order chi connectivity index (χ0) is 22.1. The van der Waals surface area contributed by atoms with E-state index >= 15 is 0 Å². The molecule has 1 N–H and O–H groups in total. The third kappa shape index (κ3) is 7.01. The predicted octanol–water partition coefficient (Wildman–Crippen LogP) is 5.31. The summed E-state index contributed by atoms with van der Waals surface area (Å²) >= 11 is 7.23. The third-order valence-corrected chi connectivity index (χ3v) is 5.38. The fraction of sp³-hybridized carbons (Fsp3) is 0.130. The molecule has 160 valence electrons. The first-order valence-electron chi connectivity index (χ1n) is 9.29. The van der Waals surface area contributed by atoms with Gasteiger partial charge in [-0.25, -0.2) is 9.82 Å². The Morgan fingerprint density at radius 2 is 1.90 bits per heavy atom. The first-order valence-corrected chi connectivity index (χ1v) is 10.7. The molecular formula is C23H20ClFN2O3S. The largest absolute Gasteiger partial charge is 0.493 e.